The Morgan fingerprint density at radius 1 is 0.524 bits per heavy atom. The number of rotatable bonds is 47. The molecule has 0 saturated carbocycles. The summed E-state index contributed by atoms with van der Waals surface area (Å²) in [6, 6.07) is 1.31. The van der Waals surface area contributed by atoms with E-state index >= 15 is 0 Å². The van der Waals surface area contributed by atoms with Crippen molar-refractivity contribution in [3.05, 3.63) is 71.9 Å². The average Bonchev–Trinajstić information content (AvgIpc) is 1.81. The number of para-hydroxylation sites is 1. The number of H-pyrrole nitrogens is 1. The fourth-order valence-corrected chi connectivity index (χ4v) is 10.9. The quantitative estimate of drug-likeness (QED) is 0.0177. The van der Waals surface area contributed by atoms with Crippen LogP contribution in [0.2, 0.25) is 0 Å². The zero-order valence-electron chi connectivity index (χ0n) is 61.0. The van der Waals surface area contributed by atoms with Crippen LogP contribution in [-0.2, 0) is 75.2 Å². The topological polar surface area (TPSA) is 556 Å². The largest absolute Gasteiger partial charge is 0.481 e. The second-order valence-electron chi connectivity index (χ2n) is 27.4. The van der Waals surface area contributed by atoms with E-state index in [0.717, 1.165) is 0 Å². The number of guanidine groups is 1. The number of carboxylic acids is 1. The molecule has 3 rings (SSSR count). The number of aliphatic carboxylic acids is 1. The Morgan fingerprint density at radius 3 is 1.57 bits per heavy atom. The van der Waals surface area contributed by atoms with Crippen molar-refractivity contribution >= 4 is 93.7 Å². The summed E-state index contributed by atoms with van der Waals surface area (Å²) in [7, 11) is 0. The number of nitrogens with two attached hydrogens (primary N) is 5. The van der Waals surface area contributed by atoms with Crippen LogP contribution in [0.4, 0.5) is 0 Å². The number of fused-ring (bicyclic) bond motifs is 1. The second-order valence-corrected chi connectivity index (χ2v) is 27.4. The summed E-state index contributed by atoms with van der Waals surface area (Å²) in [5.74, 6) is -12.8. The first-order valence-electron chi connectivity index (χ1n) is 35.2. The number of carbonyl (C=O) groups excluding carboxylic acids is 12. The van der Waals surface area contributed by atoms with Crippen LogP contribution in [0.5, 0.6) is 0 Å². The van der Waals surface area contributed by atoms with E-state index in [-0.39, 0.29) is 63.5 Å². The van der Waals surface area contributed by atoms with Crippen molar-refractivity contribution < 1.29 is 67.4 Å². The van der Waals surface area contributed by atoms with Gasteiger partial charge in [0.1, 0.15) is 66.0 Å². The number of unbranched alkanes of at least 4 members (excludes halogenated alkanes) is 2. The standard InChI is InChI=1S/C70H113N19O14/c1-11-40(6)56(88-64(99)52(35-43-22-13-12-14-23-43)85-61(96)50(29-30-54(90)91)81-60(95)48(26-17-19-31-71)80-58(93)41(7)73)67(102)79-42(8)59(94)83-53(36-44-37-78-46-25-16-15-24-45(44)46)62(97)84-51(34-38(2)3)63(98)87-55(39(4)5)66(101)82-49(27-18-20-32-72)65(100)89-70(9,10)68(103)86-47(57(74)92)28-21-33-77-69(75)76/h12-16,22-25,37-42,47-53,55-56,78H,11,17-21,26-36,71-73H2,1-10H3,(H2,74,92)(H,79,102)(H,80,93)(H,81,95)(H,82,101)(H,83,94)(H,84,97)(H,85,96)(H,86,103)(H,87,98)(H,88,99)(H,89,100)(H,90,91)(H4,75,76,77)/t40-,41-,42-,47-,48-,49-,50-,51-,52-,53-,55-,56-/m0/s1. The minimum absolute atomic E-state index is 0.0320. The first-order valence-corrected chi connectivity index (χ1v) is 35.2. The first-order chi connectivity index (χ1) is 48.5. The molecule has 33 heteroatoms. The number of aromatic amines is 1. The highest BCUT2D eigenvalue weighted by molar-refractivity contribution is 6.00. The fraction of sp³-hybridized carbons (Fsp3) is 0.600. The van der Waals surface area contributed by atoms with E-state index in [1.165, 1.54) is 27.7 Å². The molecule has 3 aromatic rings. The molecule has 0 radical (unpaired) electrons. The van der Waals surface area contributed by atoms with E-state index in [2.05, 4.69) is 68.8 Å². The van der Waals surface area contributed by atoms with Crippen LogP contribution in [0.3, 0.4) is 0 Å². The van der Waals surface area contributed by atoms with Crippen molar-refractivity contribution in [2.24, 2.45) is 46.4 Å². The molecule has 2 aromatic carbocycles. The van der Waals surface area contributed by atoms with Gasteiger partial charge in [0.15, 0.2) is 5.96 Å². The van der Waals surface area contributed by atoms with Crippen LogP contribution in [0, 0.1) is 23.2 Å². The Kier molecular flexibility index (Phi) is 37.3. The molecular weight excluding hydrogens is 1330 g/mol. The molecule has 572 valence electrons. The molecule has 25 N–H and O–H groups in total. The van der Waals surface area contributed by atoms with Crippen molar-refractivity contribution in [3.63, 3.8) is 0 Å². The van der Waals surface area contributed by atoms with Gasteiger partial charge < -0.3 is 103 Å². The van der Waals surface area contributed by atoms with Gasteiger partial charge in [-0.15, -0.1) is 0 Å². The predicted molar refractivity (Wildman–Crippen MR) is 388 cm³/mol. The van der Waals surface area contributed by atoms with E-state index < -0.39 is 174 Å². The number of carbonyl (C=O) groups is 13. The summed E-state index contributed by atoms with van der Waals surface area (Å²) in [6.07, 6.45) is 2.98. The Labute approximate surface area is 602 Å². The number of carboxylic acid groups (broad SMARTS) is 1. The second kappa shape index (κ2) is 43.9. The van der Waals surface area contributed by atoms with Crippen molar-refractivity contribution in [3.8, 4) is 0 Å². The Hall–Kier alpha value is -9.76. The van der Waals surface area contributed by atoms with Crippen LogP contribution in [0.15, 0.2) is 60.8 Å². The maximum Gasteiger partial charge on any atom is 0.303 e. The molecule has 33 nitrogen and oxygen atoms in total. The van der Waals surface area contributed by atoms with Gasteiger partial charge in [-0.3, -0.25) is 67.7 Å². The van der Waals surface area contributed by atoms with E-state index in [0.29, 0.717) is 67.1 Å². The highest BCUT2D eigenvalue weighted by Gasteiger charge is 2.39. The Morgan fingerprint density at radius 2 is 1.01 bits per heavy atom. The zero-order valence-corrected chi connectivity index (χ0v) is 61.0. The molecule has 12 atom stereocenters. The molecule has 103 heavy (non-hydrogen) atoms. The van der Waals surface area contributed by atoms with E-state index in [9.17, 15) is 67.4 Å². The first kappa shape index (κ1) is 87.5. The van der Waals surface area contributed by atoms with Crippen LogP contribution < -0.4 is 92.5 Å². The molecule has 1 heterocycles. The lowest BCUT2D eigenvalue weighted by Crippen LogP contribution is -2.63. The number of hydrogen-bond donors (Lipinski definition) is 20. The third-order valence-electron chi connectivity index (χ3n) is 17.3. The van der Waals surface area contributed by atoms with Gasteiger partial charge in [-0.2, -0.15) is 0 Å². The van der Waals surface area contributed by atoms with Gasteiger partial charge in [0.25, 0.3) is 0 Å². The highest BCUT2D eigenvalue weighted by Crippen LogP contribution is 2.21. The van der Waals surface area contributed by atoms with Crippen LogP contribution in [0.25, 0.3) is 10.9 Å². The van der Waals surface area contributed by atoms with Crippen LogP contribution in [-0.4, -0.2) is 185 Å². The smallest absolute Gasteiger partial charge is 0.303 e. The number of benzene rings is 2. The normalized spacial score (nSPS) is 14.9. The van der Waals surface area contributed by atoms with Gasteiger partial charge >= 0.3 is 5.97 Å². The average molecular weight is 1440 g/mol. The minimum atomic E-state index is -1.66. The summed E-state index contributed by atoms with van der Waals surface area (Å²) in [5.41, 5.74) is 28.4. The number of hydrogen-bond acceptors (Lipinski definition) is 17. The van der Waals surface area contributed by atoms with Crippen molar-refractivity contribution in [2.75, 3.05) is 19.6 Å². The van der Waals surface area contributed by atoms with E-state index in [1.807, 2.05) is 12.1 Å². The summed E-state index contributed by atoms with van der Waals surface area (Å²) >= 11 is 0. The Bertz CT molecular complexity index is 3350. The monoisotopic (exact) mass is 1440 g/mol. The van der Waals surface area contributed by atoms with Gasteiger partial charge in [0, 0.05) is 42.9 Å². The molecule has 0 unspecified atom stereocenters. The van der Waals surface area contributed by atoms with Gasteiger partial charge in [-0.1, -0.05) is 96.5 Å². The van der Waals surface area contributed by atoms with Gasteiger partial charge in [0.05, 0.1) is 6.04 Å². The lowest BCUT2D eigenvalue weighted by atomic mass is 9.96. The summed E-state index contributed by atoms with van der Waals surface area (Å²) < 4.78 is 0. The zero-order chi connectivity index (χ0) is 77.3. The van der Waals surface area contributed by atoms with Crippen LogP contribution in [0.1, 0.15) is 157 Å². The van der Waals surface area contributed by atoms with Crippen molar-refractivity contribution in [1.29, 1.82) is 5.41 Å². The predicted octanol–water partition coefficient (Wildman–Crippen LogP) is -1.32. The lowest BCUT2D eigenvalue weighted by Gasteiger charge is -2.31. The molecule has 0 fully saturated rings. The van der Waals surface area contributed by atoms with E-state index in [1.54, 1.807) is 90.2 Å². The summed E-state index contributed by atoms with van der Waals surface area (Å²) in [5, 5.41) is 49.8. The molecule has 0 saturated heterocycles. The molecule has 0 bridgehead atoms. The molecule has 1 aromatic heterocycles. The molecule has 12 amide bonds. The molecule has 0 aliphatic heterocycles. The summed E-state index contributed by atoms with van der Waals surface area (Å²) in [6.45, 7) is 16.7. The van der Waals surface area contributed by atoms with Gasteiger partial charge in [-0.05, 0) is 140 Å². The third-order valence-corrected chi connectivity index (χ3v) is 17.3. The number of aromatic nitrogens is 1. The highest BCUT2D eigenvalue weighted by atomic mass is 16.4. The molecule has 0 aliphatic rings. The number of amides is 12. The van der Waals surface area contributed by atoms with E-state index in [4.69, 9.17) is 34.1 Å². The Balaban J connectivity index is 1.95. The number of nitrogens with one attached hydrogen (secondary N) is 14. The third kappa shape index (κ3) is 30.4. The minimum Gasteiger partial charge on any atom is -0.481 e. The molecular formula is C70H113N19O14. The maximum absolute atomic E-state index is 14.9. The molecule has 0 spiro atoms. The number of primary amides is 1. The van der Waals surface area contributed by atoms with Crippen LogP contribution >= 0.6 is 0 Å². The SMILES string of the molecule is CC[C@H](C)[C@H](NC(=O)[C@H](Cc1ccccc1)NC(=O)[C@H](CCC(=O)O)NC(=O)[C@H](CCCCN)NC(=O)[C@H](C)N)C(=O)N[C@@H](C)C(=O)N[C@@H](Cc1c[nH]c2ccccc12)C(=O)N[C@@H](CC(C)C)C(=O)N[C@H](C(=O)N[C@@H](CCCCN)C(=O)NC(C)(C)C(=O)N[C@@H](CCCNC(=N)N)C(N)=O)C(C)C. The van der Waals surface area contributed by atoms with Crippen molar-refractivity contribution in [2.45, 2.75) is 231 Å². The van der Waals surface area contributed by atoms with Crippen molar-refractivity contribution in [1.82, 2.24) is 68.8 Å². The van der Waals surface area contributed by atoms with Gasteiger partial charge in [0.2, 0.25) is 70.9 Å². The molecule has 0 aliphatic carbocycles. The maximum atomic E-state index is 14.9. The fourth-order valence-electron chi connectivity index (χ4n) is 10.9. The lowest BCUT2D eigenvalue weighted by molar-refractivity contribution is -0.138. The van der Waals surface area contributed by atoms with Gasteiger partial charge in [-0.25, -0.2) is 0 Å². The summed E-state index contributed by atoms with van der Waals surface area (Å²) in [4.78, 5) is 184.